The lowest BCUT2D eigenvalue weighted by Gasteiger charge is -2.23. The van der Waals surface area contributed by atoms with Gasteiger partial charge in [0, 0.05) is 43.1 Å². The first kappa shape index (κ1) is 29.5. The zero-order valence-corrected chi connectivity index (χ0v) is 28.3. The van der Waals surface area contributed by atoms with Gasteiger partial charge < -0.3 is 5.32 Å². The molecule has 0 bridgehead atoms. The Kier molecular flexibility index (Phi) is 7.03. The summed E-state index contributed by atoms with van der Waals surface area (Å²) in [6.45, 7) is 0. The van der Waals surface area contributed by atoms with Crippen LogP contribution in [-0.4, -0.2) is 16.7 Å². The number of para-hydroxylation sites is 1. The Balaban J connectivity index is 1.12. The Bertz CT molecular complexity index is 2810. The number of pyridine rings is 1. The number of hydrogen-bond donors (Lipinski definition) is 1. The monoisotopic (exact) mass is 670 g/mol. The fraction of sp³-hybridized carbons (Fsp3) is 0.0217. The van der Waals surface area contributed by atoms with Gasteiger partial charge in [-0.2, -0.15) is 0 Å². The van der Waals surface area contributed by atoms with E-state index in [1.807, 2.05) is 47.7 Å². The lowest BCUT2D eigenvalue weighted by atomic mass is 9.95. The van der Waals surface area contributed by atoms with Crippen LogP contribution in [0.3, 0.4) is 0 Å². The number of thiophene rings is 1. The van der Waals surface area contributed by atoms with Gasteiger partial charge in [0.25, 0.3) is 0 Å². The molecular formula is C46H30N4S. The minimum Gasteiger partial charge on any atom is -0.344 e. The maximum atomic E-state index is 5.55. The number of fused-ring (bicyclic) bond motifs is 6. The number of nitrogens with zero attached hydrogens (tertiary/aromatic N) is 3. The molecule has 2 aromatic heterocycles. The highest BCUT2D eigenvalue weighted by molar-refractivity contribution is 7.26. The van der Waals surface area contributed by atoms with Gasteiger partial charge in [-0.3, -0.25) is 0 Å². The van der Waals surface area contributed by atoms with Gasteiger partial charge in [0.2, 0.25) is 0 Å². The molecule has 3 heterocycles. The van der Waals surface area contributed by atoms with E-state index in [1.54, 1.807) is 0 Å². The van der Waals surface area contributed by atoms with Gasteiger partial charge in [-0.1, -0.05) is 164 Å². The van der Waals surface area contributed by atoms with Gasteiger partial charge in [0.1, 0.15) is 12.0 Å². The molecule has 5 heteroatoms. The van der Waals surface area contributed by atoms with Crippen LogP contribution < -0.4 is 5.32 Å². The molecule has 0 amide bonds. The first-order chi connectivity index (χ1) is 25.3. The minimum absolute atomic E-state index is 0.244. The Morgan fingerprint density at radius 2 is 1.16 bits per heavy atom. The molecule has 1 atom stereocenters. The van der Waals surface area contributed by atoms with Crippen LogP contribution in [0.5, 0.6) is 0 Å². The molecule has 0 fully saturated rings. The van der Waals surface area contributed by atoms with Crippen LogP contribution >= 0.6 is 11.3 Å². The third kappa shape index (κ3) is 5.09. The number of hydrogen-bond acceptors (Lipinski definition) is 5. The van der Waals surface area contributed by atoms with Crippen molar-refractivity contribution in [3.8, 4) is 22.4 Å². The molecule has 0 radical (unpaired) electrons. The summed E-state index contributed by atoms with van der Waals surface area (Å²) in [5.74, 6) is 1.51. The molecule has 4 nitrogen and oxygen atoms in total. The minimum atomic E-state index is -0.244. The van der Waals surface area contributed by atoms with Crippen molar-refractivity contribution in [2.24, 2.45) is 9.98 Å². The summed E-state index contributed by atoms with van der Waals surface area (Å²) in [5.41, 5.74) is 8.47. The Morgan fingerprint density at radius 3 is 2.00 bits per heavy atom. The molecule has 1 N–H and O–H groups in total. The number of aromatic nitrogens is 1. The van der Waals surface area contributed by atoms with Gasteiger partial charge >= 0.3 is 0 Å². The number of aliphatic imine (C=N–C) groups is 2. The van der Waals surface area contributed by atoms with E-state index in [-0.39, 0.29) is 6.17 Å². The van der Waals surface area contributed by atoms with Gasteiger partial charge in [-0.25, -0.2) is 15.0 Å². The van der Waals surface area contributed by atoms with Crippen molar-refractivity contribution in [2.75, 3.05) is 0 Å². The van der Waals surface area contributed by atoms with Gasteiger partial charge in [-0.05, 0) is 28.0 Å². The zero-order chi connectivity index (χ0) is 33.7. The molecule has 9 aromatic rings. The van der Waals surface area contributed by atoms with Crippen LogP contribution in [0.1, 0.15) is 22.9 Å². The third-order valence-electron chi connectivity index (χ3n) is 9.74. The predicted molar refractivity (Wildman–Crippen MR) is 215 cm³/mol. The highest BCUT2D eigenvalue weighted by Gasteiger charge is 2.22. The van der Waals surface area contributed by atoms with Crippen molar-refractivity contribution in [3.63, 3.8) is 0 Å². The van der Waals surface area contributed by atoms with Crippen LogP contribution in [-0.2, 0) is 0 Å². The fourth-order valence-electron chi connectivity index (χ4n) is 7.28. The number of nitrogens with one attached hydrogen (secondary N) is 1. The maximum absolute atomic E-state index is 5.55. The molecule has 0 spiro atoms. The largest absolute Gasteiger partial charge is 0.344 e. The smallest absolute Gasteiger partial charge is 0.159 e. The molecule has 7 aromatic carbocycles. The van der Waals surface area contributed by atoms with Crippen molar-refractivity contribution >= 4 is 64.9 Å². The van der Waals surface area contributed by atoms with Gasteiger partial charge in [-0.15, -0.1) is 11.3 Å². The second-order valence-electron chi connectivity index (χ2n) is 12.8. The summed E-state index contributed by atoms with van der Waals surface area (Å²) in [6, 6.07) is 59.6. The van der Waals surface area contributed by atoms with Crippen LogP contribution in [0.2, 0.25) is 0 Å². The average Bonchev–Trinajstić information content (AvgIpc) is 3.61. The highest BCUT2D eigenvalue weighted by Crippen LogP contribution is 2.45. The summed E-state index contributed by atoms with van der Waals surface area (Å²) in [7, 11) is 0. The molecule has 0 saturated carbocycles. The van der Waals surface area contributed by atoms with E-state index < -0.39 is 0 Å². The fourth-order valence-corrected chi connectivity index (χ4v) is 8.50. The molecule has 1 aliphatic rings. The average molecular weight is 671 g/mol. The Labute approximate surface area is 299 Å². The van der Waals surface area contributed by atoms with E-state index in [0.29, 0.717) is 5.84 Å². The summed E-state index contributed by atoms with van der Waals surface area (Å²) < 4.78 is 2.49. The van der Waals surface area contributed by atoms with Crippen molar-refractivity contribution in [1.82, 2.24) is 10.3 Å². The van der Waals surface area contributed by atoms with Gasteiger partial charge in [0.15, 0.2) is 5.84 Å². The molecule has 51 heavy (non-hydrogen) atoms. The SMILES string of the molecule is c1ccc(C2=NC(c3ccccc3)NC(c3ccc(-c4cccc5c4nc(-c4cccc6ccccc46)c4sc6ccccc6c45)cc3)=N2)cc1. The van der Waals surface area contributed by atoms with Crippen molar-refractivity contribution in [1.29, 1.82) is 0 Å². The molecule has 240 valence electrons. The standard InChI is InChI=1S/C46H30N4S/c1-3-14-31(15-4-1)44-48-45(32-16-5-2-6-17-32)50-46(49-44)33-27-25-30(26-28-33)35-21-12-23-38-40-37-20-9-10-24-39(37)51-43(40)42(47-41(35)38)36-22-11-18-29-13-7-8-19-34(29)36/h1-28,44H,(H,48,49,50). The van der Waals surface area contributed by atoms with Crippen LogP contribution in [0, 0.1) is 0 Å². The number of amidine groups is 2. The zero-order valence-electron chi connectivity index (χ0n) is 27.5. The number of benzene rings is 7. The van der Waals surface area contributed by atoms with E-state index in [2.05, 4.69) is 139 Å². The van der Waals surface area contributed by atoms with E-state index in [4.69, 9.17) is 15.0 Å². The molecule has 0 aliphatic carbocycles. The van der Waals surface area contributed by atoms with Crippen LogP contribution in [0.25, 0.3) is 64.2 Å². The molecular weight excluding hydrogens is 641 g/mol. The van der Waals surface area contributed by atoms with Crippen molar-refractivity contribution in [2.45, 2.75) is 6.17 Å². The van der Waals surface area contributed by atoms with Crippen molar-refractivity contribution < 1.29 is 0 Å². The van der Waals surface area contributed by atoms with E-state index in [1.165, 1.54) is 36.3 Å². The first-order valence-corrected chi connectivity index (χ1v) is 18.0. The quantitative estimate of drug-likeness (QED) is 0.198. The second kappa shape index (κ2) is 12.2. The third-order valence-corrected chi connectivity index (χ3v) is 10.9. The molecule has 1 aliphatic heterocycles. The Hall–Kier alpha value is -6.43. The Morgan fingerprint density at radius 1 is 0.510 bits per heavy atom. The normalized spacial score (nSPS) is 14.5. The van der Waals surface area contributed by atoms with Crippen molar-refractivity contribution in [3.05, 3.63) is 187 Å². The van der Waals surface area contributed by atoms with E-state index >= 15 is 0 Å². The summed E-state index contributed by atoms with van der Waals surface area (Å²) >= 11 is 1.83. The second-order valence-corrected chi connectivity index (χ2v) is 13.9. The summed E-state index contributed by atoms with van der Waals surface area (Å²) in [4.78, 5) is 15.6. The van der Waals surface area contributed by atoms with E-state index in [0.717, 1.165) is 50.4 Å². The van der Waals surface area contributed by atoms with Gasteiger partial charge in [0.05, 0.1) is 15.9 Å². The molecule has 10 rings (SSSR count). The lowest BCUT2D eigenvalue weighted by Crippen LogP contribution is -2.33. The summed E-state index contributed by atoms with van der Waals surface area (Å²) in [6.07, 6.45) is -0.244. The predicted octanol–water partition coefficient (Wildman–Crippen LogP) is 11.6. The van der Waals surface area contributed by atoms with Crippen LogP contribution in [0.4, 0.5) is 0 Å². The lowest BCUT2D eigenvalue weighted by molar-refractivity contribution is 0.674. The molecule has 0 saturated heterocycles. The van der Waals surface area contributed by atoms with E-state index in [9.17, 15) is 0 Å². The van der Waals surface area contributed by atoms with Crippen LogP contribution in [0.15, 0.2) is 180 Å². The topological polar surface area (TPSA) is 49.6 Å². The maximum Gasteiger partial charge on any atom is 0.159 e. The number of rotatable bonds is 5. The summed E-state index contributed by atoms with van der Waals surface area (Å²) in [5, 5.41) is 9.72. The molecule has 1 unspecified atom stereocenters. The first-order valence-electron chi connectivity index (χ1n) is 17.1. The highest BCUT2D eigenvalue weighted by atomic mass is 32.1.